The molecule has 1 amide bonds. The quantitative estimate of drug-likeness (QED) is 0.334. The zero-order valence-electron chi connectivity index (χ0n) is 19.4. The molecule has 0 fully saturated rings. The molecule has 8 heteroatoms. The van der Waals surface area contributed by atoms with Crippen molar-refractivity contribution in [1.82, 2.24) is 10.3 Å². The van der Waals surface area contributed by atoms with Gasteiger partial charge in [-0.3, -0.25) is 14.5 Å². The molecule has 35 heavy (non-hydrogen) atoms. The number of amides is 1. The molecule has 0 saturated carbocycles. The Bertz CT molecular complexity index is 1420. The number of hydrogen-bond donors (Lipinski definition) is 2. The van der Waals surface area contributed by atoms with Gasteiger partial charge in [-0.15, -0.1) is 0 Å². The van der Waals surface area contributed by atoms with Crippen molar-refractivity contribution < 1.29 is 17.9 Å². The van der Waals surface area contributed by atoms with E-state index < -0.39 is 15.9 Å². The van der Waals surface area contributed by atoms with Crippen LogP contribution in [0.4, 0.5) is 5.69 Å². The zero-order valence-corrected chi connectivity index (χ0v) is 20.2. The number of rotatable bonds is 10. The van der Waals surface area contributed by atoms with Crippen LogP contribution in [0.1, 0.15) is 29.3 Å². The Morgan fingerprint density at radius 1 is 0.971 bits per heavy atom. The summed E-state index contributed by atoms with van der Waals surface area (Å²) in [6.07, 6.45) is 3.01. The maximum absolute atomic E-state index is 13.3. The Hall–Kier alpha value is -3.91. The van der Waals surface area contributed by atoms with Crippen molar-refractivity contribution >= 4 is 32.5 Å². The second-order valence-electron chi connectivity index (χ2n) is 7.98. The van der Waals surface area contributed by atoms with E-state index in [1.165, 1.54) is 6.07 Å². The van der Waals surface area contributed by atoms with E-state index in [0.717, 1.165) is 12.0 Å². The molecule has 180 valence electrons. The Balaban J connectivity index is 1.61. The third kappa shape index (κ3) is 5.96. The highest BCUT2D eigenvalue weighted by molar-refractivity contribution is 7.93. The third-order valence-electron chi connectivity index (χ3n) is 5.38. The number of nitrogens with one attached hydrogen (secondary N) is 2. The van der Waals surface area contributed by atoms with Gasteiger partial charge in [-0.2, -0.15) is 0 Å². The molecule has 1 aromatic heterocycles. The van der Waals surface area contributed by atoms with Crippen LogP contribution in [-0.2, 0) is 16.4 Å². The van der Waals surface area contributed by atoms with Gasteiger partial charge in [-0.05, 0) is 48.7 Å². The van der Waals surface area contributed by atoms with Gasteiger partial charge in [0.25, 0.3) is 15.9 Å². The van der Waals surface area contributed by atoms with Gasteiger partial charge in [-0.25, -0.2) is 8.42 Å². The van der Waals surface area contributed by atoms with Gasteiger partial charge in [0.2, 0.25) is 0 Å². The largest absolute Gasteiger partial charge is 0.494 e. The summed E-state index contributed by atoms with van der Waals surface area (Å²) in [6.45, 7) is 2.88. The topological polar surface area (TPSA) is 97.4 Å². The van der Waals surface area contributed by atoms with Crippen molar-refractivity contribution in [2.75, 3.05) is 17.9 Å². The molecule has 0 bridgehead atoms. The monoisotopic (exact) mass is 489 g/mol. The van der Waals surface area contributed by atoms with E-state index >= 15 is 0 Å². The van der Waals surface area contributed by atoms with E-state index in [9.17, 15) is 13.2 Å². The number of anilines is 1. The van der Waals surface area contributed by atoms with Crippen molar-refractivity contribution in [1.29, 1.82) is 0 Å². The summed E-state index contributed by atoms with van der Waals surface area (Å²) in [6, 6.07) is 23.1. The molecule has 2 N–H and O–H groups in total. The normalized spacial score (nSPS) is 11.2. The standard InChI is InChI=1S/C27H27N3O4S/c1-2-18-34-22-13-14-24(23(19-22)27(31)29-17-15-20-8-4-3-5-9-20)30-35(32,33)25-12-6-10-21-11-7-16-28-26(21)25/h3-14,16,19,30H,2,15,17-18H2,1H3,(H,29,31). The van der Waals surface area contributed by atoms with Crippen LogP contribution in [0, 0.1) is 0 Å². The second kappa shape index (κ2) is 11.0. The highest BCUT2D eigenvalue weighted by Crippen LogP contribution is 2.27. The maximum Gasteiger partial charge on any atom is 0.264 e. The second-order valence-corrected chi connectivity index (χ2v) is 9.63. The molecule has 0 unspecified atom stereocenters. The molecule has 1 heterocycles. The predicted octanol–water partition coefficient (Wildman–Crippen LogP) is 4.80. The molecule has 0 spiro atoms. The lowest BCUT2D eigenvalue weighted by Gasteiger charge is -2.15. The fourth-order valence-corrected chi connectivity index (χ4v) is 4.92. The number of benzene rings is 3. The lowest BCUT2D eigenvalue weighted by Crippen LogP contribution is -2.27. The third-order valence-corrected chi connectivity index (χ3v) is 6.78. The first-order valence-corrected chi connectivity index (χ1v) is 12.9. The summed E-state index contributed by atoms with van der Waals surface area (Å²) in [5, 5.41) is 3.59. The van der Waals surface area contributed by atoms with Crippen LogP contribution in [0.2, 0.25) is 0 Å². The van der Waals surface area contributed by atoms with Crippen LogP contribution in [0.3, 0.4) is 0 Å². The van der Waals surface area contributed by atoms with Gasteiger partial charge in [0, 0.05) is 18.1 Å². The summed E-state index contributed by atoms with van der Waals surface area (Å²) in [7, 11) is -4.02. The Labute approximate surface area is 205 Å². The molecule has 0 saturated heterocycles. The lowest BCUT2D eigenvalue weighted by molar-refractivity contribution is 0.0954. The molecule has 0 radical (unpaired) electrons. The number of ether oxygens (including phenoxy) is 1. The van der Waals surface area contributed by atoms with Crippen molar-refractivity contribution in [2.24, 2.45) is 0 Å². The fourth-order valence-electron chi connectivity index (χ4n) is 3.66. The molecule has 7 nitrogen and oxygen atoms in total. The summed E-state index contributed by atoms with van der Waals surface area (Å²) < 4.78 is 34.9. The van der Waals surface area contributed by atoms with Gasteiger partial charge < -0.3 is 10.1 Å². The van der Waals surface area contributed by atoms with Gasteiger partial charge in [0.1, 0.15) is 10.6 Å². The van der Waals surface area contributed by atoms with E-state index in [2.05, 4.69) is 15.0 Å². The maximum atomic E-state index is 13.3. The van der Waals surface area contributed by atoms with Crippen LogP contribution in [0.25, 0.3) is 10.9 Å². The van der Waals surface area contributed by atoms with E-state index in [4.69, 9.17) is 4.74 Å². The number of hydrogen-bond acceptors (Lipinski definition) is 5. The summed E-state index contributed by atoms with van der Waals surface area (Å²) >= 11 is 0. The molecule has 4 aromatic rings. The minimum Gasteiger partial charge on any atom is -0.494 e. The minimum atomic E-state index is -4.02. The molecular formula is C27H27N3O4S. The molecular weight excluding hydrogens is 462 g/mol. The Kier molecular flexibility index (Phi) is 7.62. The number of para-hydroxylation sites is 1. The first kappa shape index (κ1) is 24.2. The first-order valence-electron chi connectivity index (χ1n) is 11.4. The van der Waals surface area contributed by atoms with Crippen molar-refractivity contribution in [3.63, 3.8) is 0 Å². The molecule has 0 aliphatic rings. The number of fused-ring (bicyclic) bond motifs is 1. The van der Waals surface area contributed by atoms with Crippen LogP contribution in [-0.4, -0.2) is 32.5 Å². The van der Waals surface area contributed by atoms with Crippen LogP contribution in [0.15, 0.2) is 90.0 Å². The van der Waals surface area contributed by atoms with Gasteiger partial charge in [-0.1, -0.05) is 55.5 Å². The fraction of sp³-hybridized carbons (Fsp3) is 0.185. The molecule has 3 aromatic carbocycles. The van der Waals surface area contributed by atoms with Crippen LogP contribution < -0.4 is 14.8 Å². The number of carbonyl (C=O) groups is 1. The molecule has 0 atom stereocenters. The van der Waals surface area contributed by atoms with Crippen LogP contribution in [0.5, 0.6) is 5.75 Å². The average molecular weight is 490 g/mol. The summed E-state index contributed by atoms with van der Waals surface area (Å²) in [5.41, 5.74) is 1.80. The van der Waals surface area contributed by atoms with Crippen LogP contribution >= 0.6 is 0 Å². The van der Waals surface area contributed by atoms with Gasteiger partial charge in [0.15, 0.2) is 0 Å². The Morgan fingerprint density at radius 3 is 2.57 bits per heavy atom. The van der Waals surface area contributed by atoms with E-state index in [1.807, 2.05) is 37.3 Å². The number of aromatic nitrogens is 1. The van der Waals surface area contributed by atoms with E-state index in [1.54, 1.807) is 48.7 Å². The minimum absolute atomic E-state index is 0.0392. The van der Waals surface area contributed by atoms with Crippen molar-refractivity contribution in [2.45, 2.75) is 24.7 Å². The molecule has 4 rings (SSSR count). The van der Waals surface area contributed by atoms with E-state index in [0.29, 0.717) is 36.2 Å². The molecule has 0 aliphatic heterocycles. The smallest absolute Gasteiger partial charge is 0.264 e. The zero-order chi connectivity index (χ0) is 24.7. The number of pyridine rings is 1. The lowest BCUT2D eigenvalue weighted by atomic mass is 10.1. The highest BCUT2D eigenvalue weighted by Gasteiger charge is 2.22. The SMILES string of the molecule is CCCOc1ccc(NS(=O)(=O)c2cccc3cccnc23)c(C(=O)NCCc2ccccc2)c1. The summed E-state index contributed by atoms with van der Waals surface area (Å²) in [4.78, 5) is 17.4. The Morgan fingerprint density at radius 2 is 1.77 bits per heavy atom. The summed E-state index contributed by atoms with van der Waals surface area (Å²) in [5.74, 6) is 0.103. The van der Waals surface area contributed by atoms with E-state index in [-0.39, 0.29) is 16.1 Å². The molecule has 0 aliphatic carbocycles. The first-order chi connectivity index (χ1) is 17.0. The number of sulfonamides is 1. The number of nitrogens with zero attached hydrogens (tertiary/aromatic N) is 1. The average Bonchev–Trinajstić information content (AvgIpc) is 2.88. The van der Waals surface area contributed by atoms with Gasteiger partial charge in [0.05, 0.1) is 23.4 Å². The van der Waals surface area contributed by atoms with Gasteiger partial charge >= 0.3 is 0 Å². The highest BCUT2D eigenvalue weighted by atomic mass is 32.2. The van der Waals surface area contributed by atoms with Crippen molar-refractivity contribution in [3.05, 3.63) is 96.2 Å². The number of carbonyl (C=O) groups excluding carboxylic acids is 1. The predicted molar refractivity (Wildman–Crippen MR) is 137 cm³/mol. The van der Waals surface area contributed by atoms with Crippen molar-refractivity contribution in [3.8, 4) is 5.75 Å².